The summed E-state index contributed by atoms with van der Waals surface area (Å²) in [6.45, 7) is 0. The lowest BCUT2D eigenvalue weighted by Crippen LogP contribution is -2.07. The molecule has 3 rings (SSSR count). The van der Waals surface area contributed by atoms with Crippen LogP contribution in [0.1, 0.15) is 34.9 Å². The zero-order chi connectivity index (χ0) is 16.4. The minimum Gasteiger partial charge on any atom is -0.297 e. The van der Waals surface area contributed by atoms with Gasteiger partial charge in [0.1, 0.15) is 5.01 Å². The molecule has 120 valence electrons. The van der Waals surface area contributed by atoms with Crippen molar-refractivity contribution in [2.75, 3.05) is 5.32 Å². The van der Waals surface area contributed by atoms with Gasteiger partial charge in [0, 0.05) is 12.0 Å². The molecule has 1 amide bonds. The zero-order valence-electron chi connectivity index (χ0n) is 11.8. The van der Waals surface area contributed by atoms with Crippen LogP contribution in [-0.4, -0.2) is 16.1 Å². The van der Waals surface area contributed by atoms with Crippen molar-refractivity contribution in [3.05, 3.63) is 46.5 Å². The van der Waals surface area contributed by atoms with Crippen LogP contribution in [0.4, 0.5) is 18.3 Å². The van der Waals surface area contributed by atoms with Crippen molar-refractivity contribution in [2.24, 2.45) is 0 Å². The number of rotatable bonds is 4. The number of anilines is 1. The van der Waals surface area contributed by atoms with Crippen molar-refractivity contribution in [3.63, 3.8) is 0 Å². The third kappa shape index (κ3) is 4.16. The average molecular weight is 339 g/mol. The molecule has 0 atom stereocenters. The van der Waals surface area contributed by atoms with Crippen LogP contribution in [0.5, 0.6) is 0 Å². The van der Waals surface area contributed by atoms with E-state index in [1.54, 1.807) is 0 Å². The predicted octanol–water partition coefficient (Wildman–Crippen LogP) is 4.09. The Labute approximate surface area is 134 Å². The summed E-state index contributed by atoms with van der Waals surface area (Å²) in [6.07, 6.45) is 0.287. The number of aromatic nitrogens is 2. The number of alkyl halides is 3. The quantitative estimate of drug-likeness (QED) is 0.854. The van der Waals surface area contributed by atoms with Gasteiger partial charge >= 0.3 is 6.18 Å². The molecule has 0 saturated heterocycles. The molecule has 0 unspecified atom stereocenters. The summed E-state index contributed by atoms with van der Waals surface area (Å²) in [5.41, 5.74) is -0.454. The van der Waals surface area contributed by atoms with Gasteiger partial charge in [-0.2, -0.15) is 13.2 Å². The number of halogens is 3. The van der Waals surface area contributed by atoms with E-state index in [1.165, 1.54) is 35.6 Å². The second kappa shape index (κ2) is 6.11. The number of nitrogens with one attached hydrogen (secondary N) is 1. The number of amides is 1. The van der Waals surface area contributed by atoms with E-state index >= 15 is 0 Å². The second-order valence-electron chi connectivity index (χ2n) is 5.17. The third-order valence-corrected chi connectivity index (χ3v) is 4.24. The predicted molar refractivity (Wildman–Crippen MR) is 81.0 cm³/mol. The lowest BCUT2D eigenvalue weighted by molar-refractivity contribution is -0.137. The first-order chi connectivity index (χ1) is 10.9. The van der Waals surface area contributed by atoms with Crippen molar-refractivity contribution in [1.82, 2.24) is 10.2 Å². The minimum atomic E-state index is -4.40. The van der Waals surface area contributed by atoms with Crippen molar-refractivity contribution >= 4 is 28.5 Å². The van der Waals surface area contributed by atoms with E-state index in [9.17, 15) is 18.0 Å². The molecule has 1 aromatic heterocycles. The highest BCUT2D eigenvalue weighted by atomic mass is 32.1. The summed E-state index contributed by atoms with van der Waals surface area (Å²) >= 11 is 1.32. The van der Waals surface area contributed by atoms with Crippen LogP contribution in [0.15, 0.2) is 30.3 Å². The van der Waals surface area contributed by atoms with E-state index in [4.69, 9.17) is 0 Å². The standard InChI is InChI=1S/C15H12F3N3OS/c16-15(17,18)11-3-1-2-9(8-11)4-7-12(22)19-14-21-20-13(23-14)10-5-6-10/h1-4,7-8,10H,5-6H2,(H,19,21,22)/b7-4+. The van der Waals surface area contributed by atoms with Crippen molar-refractivity contribution in [2.45, 2.75) is 24.9 Å². The first-order valence-electron chi connectivity index (χ1n) is 6.91. The highest BCUT2D eigenvalue weighted by molar-refractivity contribution is 7.15. The van der Waals surface area contributed by atoms with Crippen LogP contribution in [0, 0.1) is 0 Å². The van der Waals surface area contributed by atoms with E-state index in [1.807, 2.05) is 0 Å². The largest absolute Gasteiger partial charge is 0.416 e. The molecule has 1 aliphatic carbocycles. The Morgan fingerprint density at radius 1 is 1.30 bits per heavy atom. The van der Waals surface area contributed by atoms with Gasteiger partial charge in [-0.1, -0.05) is 23.5 Å². The van der Waals surface area contributed by atoms with Crippen LogP contribution in [-0.2, 0) is 11.0 Å². The smallest absolute Gasteiger partial charge is 0.297 e. The van der Waals surface area contributed by atoms with Crippen LogP contribution in [0.3, 0.4) is 0 Å². The molecule has 1 aliphatic rings. The Morgan fingerprint density at radius 3 is 2.78 bits per heavy atom. The number of nitrogens with zero attached hydrogens (tertiary/aromatic N) is 2. The summed E-state index contributed by atoms with van der Waals surface area (Å²) in [7, 11) is 0. The summed E-state index contributed by atoms with van der Waals surface area (Å²) in [5, 5.41) is 11.7. The SMILES string of the molecule is O=C(/C=C/c1cccc(C(F)(F)F)c1)Nc1nnc(C2CC2)s1. The van der Waals surface area contributed by atoms with Crippen molar-refractivity contribution < 1.29 is 18.0 Å². The second-order valence-corrected chi connectivity index (χ2v) is 6.17. The maximum atomic E-state index is 12.6. The first-order valence-corrected chi connectivity index (χ1v) is 7.73. The van der Waals surface area contributed by atoms with Crippen LogP contribution >= 0.6 is 11.3 Å². The number of hydrogen-bond donors (Lipinski definition) is 1. The van der Waals surface area contributed by atoms with Gasteiger partial charge in [0.05, 0.1) is 5.56 Å². The molecule has 8 heteroatoms. The Hall–Kier alpha value is -2.22. The Kier molecular flexibility index (Phi) is 4.16. The van der Waals surface area contributed by atoms with Crippen LogP contribution in [0.25, 0.3) is 6.08 Å². The highest BCUT2D eigenvalue weighted by Gasteiger charge is 2.30. The van der Waals surface area contributed by atoms with Crippen molar-refractivity contribution in [1.29, 1.82) is 0 Å². The first kappa shape index (κ1) is 15.7. The molecule has 0 radical (unpaired) electrons. The fourth-order valence-corrected chi connectivity index (χ4v) is 2.83. The summed E-state index contributed by atoms with van der Waals surface area (Å²) < 4.78 is 37.8. The van der Waals surface area contributed by atoms with E-state index in [-0.39, 0.29) is 0 Å². The van der Waals surface area contributed by atoms with Crippen molar-refractivity contribution in [3.8, 4) is 0 Å². The molecule has 0 spiro atoms. The molecule has 2 aromatic rings. The van der Waals surface area contributed by atoms with Gasteiger partial charge in [-0.05, 0) is 36.6 Å². The summed E-state index contributed by atoms with van der Waals surface area (Å²) in [6, 6.07) is 4.76. The minimum absolute atomic E-state index is 0.297. The molecule has 1 fully saturated rings. The zero-order valence-corrected chi connectivity index (χ0v) is 12.6. The fourth-order valence-electron chi connectivity index (χ4n) is 1.92. The van der Waals surface area contributed by atoms with Gasteiger partial charge in [-0.15, -0.1) is 10.2 Å². The molecular formula is C15H12F3N3OS. The Bertz CT molecular complexity index is 750. The molecule has 23 heavy (non-hydrogen) atoms. The average Bonchev–Trinajstić information content (AvgIpc) is 3.25. The highest BCUT2D eigenvalue weighted by Crippen LogP contribution is 2.42. The molecular weight excluding hydrogens is 327 g/mol. The van der Waals surface area contributed by atoms with E-state index in [0.717, 1.165) is 30.0 Å². The Morgan fingerprint density at radius 2 is 2.09 bits per heavy atom. The molecule has 1 heterocycles. The fraction of sp³-hybridized carbons (Fsp3) is 0.267. The van der Waals surface area contributed by atoms with Crippen LogP contribution < -0.4 is 5.32 Å². The molecule has 4 nitrogen and oxygen atoms in total. The summed E-state index contributed by atoms with van der Waals surface area (Å²) in [4.78, 5) is 11.8. The number of carbonyl (C=O) groups is 1. The van der Waals surface area contributed by atoms with E-state index in [2.05, 4.69) is 15.5 Å². The summed E-state index contributed by atoms with van der Waals surface area (Å²) in [5.74, 6) is -0.000267. The van der Waals surface area contributed by atoms with E-state index in [0.29, 0.717) is 16.6 Å². The normalized spacial score (nSPS) is 15.1. The van der Waals surface area contributed by atoms with Crippen LogP contribution in [0.2, 0.25) is 0 Å². The van der Waals surface area contributed by atoms with Gasteiger partial charge < -0.3 is 0 Å². The number of carbonyl (C=O) groups excluding carboxylic acids is 1. The van der Waals surface area contributed by atoms with Gasteiger partial charge in [0.15, 0.2) is 0 Å². The molecule has 0 aliphatic heterocycles. The number of benzene rings is 1. The monoisotopic (exact) mass is 339 g/mol. The molecule has 1 N–H and O–H groups in total. The molecule has 1 aromatic carbocycles. The van der Waals surface area contributed by atoms with Gasteiger partial charge in [-0.3, -0.25) is 10.1 Å². The van der Waals surface area contributed by atoms with Gasteiger partial charge in [0.25, 0.3) is 0 Å². The van der Waals surface area contributed by atoms with Gasteiger partial charge in [0.2, 0.25) is 11.0 Å². The third-order valence-electron chi connectivity index (χ3n) is 3.24. The lowest BCUT2D eigenvalue weighted by Gasteiger charge is -2.06. The topological polar surface area (TPSA) is 54.9 Å². The maximum absolute atomic E-state index is 12.6. The molecule has 1 saturated carbocycles. The van der Waals surface area contributed by atoms with Gasteiger partial charge in [-0.25, -0.2) is 0 Å². The molecule has 0 bridgehead atoms. The maximum Gasteiger partial charge on any atom is 0.416 e. The number of hydrogen-bond acceptors (Lipinski definition) is 4. The van der Waals surface area contributed by atoms with E-state index < -0.39 is 17.6 Å². The Balaban J connectivity index is 1.63. The lowest BCUT2D eigenvalue weighted by atomic mass is 10.1.